The van der Waals surface area contributed by atoms with Crippen LogP contribution in [0.5, 0.6) is 0 Å². The summed E-state index contributed by atoms with van der Waals surface area (Å²) in [7, 11) is 0. The molecule has 1 aliphatic heterocycles. The molecule has 0 aliphatic carbocycles. The number of amides is 3. The zero-order chi connectivity index (χ0) is 17.7. The van der Waals surface area contributed by atoms with Gasteiger partial charge in [0.1, 0.15) is 0 Å². The Bertz CT molecular complexity index is 657. The fraction of sp³-hybridized carbons (Fsp3) is 0.600. The number of hydrogen-bond acceptors (Lipinski definition) is 5. The number of H-pyrrole nitrogens is 1. The monoisotopic (exact) mass is 336 g/mol. The molecule has 1 aliphatic rings. The van der Waals surface area contributed by atoms with Crippen LogP contribution >= 0.6 is 0 Å². The first-order valence-electron chi connectivity index (χ1n) is 8.01. The van der Waals surface area contributed by atoms with E-state index in [4.69, 9.17) is 0 Å². The van der Waals surface area contributed by atoms with Crippen LogP contribution in [0.3, 0.4) is 0 Å². The lowest BCUT2D eigenvalue weighted by atomic mass is 10.2. The van der Waals surface area contributed by atoms with Crippen molar-refractivity contribution in [3.8, 4) is 0 Å². The van der Waals surface area contributed by atoms with Gasteiger partial charge in [0.15, 0.2) is 0 Å². The molecule has 2 heterocycles. The Balaban J connectivity index is 1.68. The predicted octanol–water partition coefficient (Wildman–Crippen LogP) is -0.201. The van der Waals surface area contributed by atoms with E-state index in [9.17, 15) is 14.4 Å². The highest BCUT2D eigenvalue weighted by Crippen LogP contribution is 2.13. The van der Waals surface area contributed by atoms with Gasteiger partial charge in [-0.15, -0.1) is 0 Å². The third kappa shape index (κ3) is 4.97. The summed E-state index contributed by atoms with van der Waals surface area (Å²) in [6.07, 6.45) is 0.332. The van der Waals surface area contributed by atoms with E-state index < -0.39 is 0 Å². The van der Waals surface area contributed by atoms with Gasteiger partial charge in [0.05, 0.1) is 6.04 Å². The Morgan fingerprint density at radius 2 is 2.17 bits per heavy atom. The molecule has 9 nitrogen and oxygen atoms in total. The van der Waals surface area contributed by atoms with E-state index in [0.29, 0.717) is 37.7 Å². The highest BCUT2D eigenvalue weighted by Gasteiger charge is 2.31. The number of carbonyl (C=O) groups excluding carboxylic acids is 2. The van der Waals surface area contributed by atoms with E-state index in [1.807, 2.05) is 13.8 Å². The first-order chi connectivity index (χ1) is 11.3. The third-order valence-electron chi connectivity index (χ3n) is 3.69. The molecular formula is C15H24N6O3. The average molecular weight is 336 g/mol. The molecule has 0 bridgehead atoms. The lowest BCUT2D eigenvalue weighted by molar-refractivity contribution is -0.129. The number of nitrogens with zero attached hydrogens (tertiary/aromatic N) is 2. The Hall–Kier alpha value is -2.58. The summed E-state index contributed by atoms with van der Waals surface area (Å²) < 4.78 is 0. The van der Waals surface area contributed by atoms with Gasteiger partial charge in [-0.05, 0) is 20.8 Å². The molecule has 4 N–H and O–H groups in total. The van der Waals surface area contributed by atoms with Crippen LogP contribution in [0.2, 0.25) is 0 Å². The predicted molar refractivity (Wildman–Crippen MR) is 89.9 cm³/mol. The van der Waals surface area contributed by atoms with Crippen molar-refractivity contribution >= 4 is 17.9 Å². The van der Waals surface area contributed by atoms with Crippen LogP contribution in [0.4, 0.5) is 10.7 Å². The first-order valence-corrected chi connectivity index (χ1v) is 8.01. The zero-order valence-electron chi connectivity index (χ0n) is 14.2. The molecular weight excluding hydrogens is 312 g/mol. The second kappa shape index (κ2) is 7.80. The van der Waals surface area contributed by atoms with Gasteiger partial charge in [-0.25, -0.2) is 9.78 Å². The van der Waals surface area contributed by atoms with Crippen LogP contribution < -0.4 is 21.5 Å². The van der Waals surface area contributed by atoms with Crippen molar-refractivity contribution in [2.24, 2.45) is 0 Å². The Kier molecular flexibility index (Phi) is 5.78. The summed E-state index contributed by atoms with van der Waals surface area (Å²) in [5, 5.41) is 8.44. The number of rotatable bonds is 6. The highest BCUT2D eigenvalue weighted by molar-refractivity contribution is 5.81. The van der Waals surface area contributed by atoms with Gasteiger partial charge in [-0.1, -0.05) is 0 Å². The standard InChI is InChI=1S/C15H24N6O3/c1-9(2)21-8-11(7-13(21)23)19-15(24)17-5-4-16-14-18-10(3)6-12(22)20-14/h6,9,11H,4-5,7-8H2,1-3H3,(H2,17,19,24)(H2,16,18,20,22)/t11-/m1/s1. The van der Waals surface area contributed by atoms with Gasteiger partial charge >= 0.3 is 6.03 Å². The topological polar surface area (TPSA) is 119 Å². The molecule has 1 fully saturated rings. The van der Waals surface area contributed by atoms with E-state index in [-0.39, 0.29) is 29.6 Å². The summed E-state index contributed by atoms with van der Waals surface area (Å²) in [5.41, 5.74) is 0.392. The number of likely N-dealkylation sites (tertiary alicyclic amines) is 1. The summed E-state index contributed by atoms with van der Waals surface area (Å²) in [4.78, 5) is 43.4. The molecule has 1 aromatic heterocycles. The van der Waals surface area contributed by atoms with Crippen LogP contribution in [0.15, 0.2) is 10.9 Å². The number of carbonyl (C=O) groups is 2. The highest BCUT2D eigenvalue weighted by atomic mass is 16.2. The molecule has 0 saturated carbocycles. The number of aromatic nitrogens is 2. The molecule has 24 heavy (non-hydrogen) atoms. The molecule has 132 valence electrons. The van der Waals surface area contributed by atoms with Gasteiger partial charge in [-0.3, -0.25) is 14.6 Å². The summed E-state index contributed by atoms with van der Waals surface area (Å²) >= 11 is 0. The van der Waals surface area contributed by atoms with E-state index in [1.165, 1.54) is 6.07 Å². The second-order valence-corrected chi connectivity index (χ2v) is 6.10. The van der Waals surface area contributed by atoms with Crippen molar-refractivity contribution in [2.75, 3.05) is 25.0 Å². The molecule has 9 heteroatoms. The zero-order valence-corrected chi connectivity index (χ0v) is 14.2. The number of aryl methyl sites for hydroxylation is 1. The van der Waals surface area contributed by atoms with Crippen LogP contribution in [-0.4, -0.2) is 58.5 Å². The molecule has 1 atom stereocenters. The summed E-state index contributed by atoms with van der Waals surface area (Å²) in [6.45, 7) is 6.96. The maximum Gasteiger partial charge on any atom is 0.315 e. The van der Waals surface area contributed by atoms with E-state index in [1.54, 1.807) is 11.8 Å². The van der Waals surface area contributed by atoms with Crippen molar-refractivity contribution in [3.63, 3.8) is 0 Å². The molecule has 1 aromatic rings. The van der Waals surface area contributed by atoms with Crippen molar-refractivity contribution < 1.29 is 9.59 Å². The second-order valence-electron chi connectivity index (χ2n) is 6.10. The fourth-order valence-electron chi connectivity index (χ4n) is 2.58. The summed E-state index contributed by atoms with van der Waals surface area (Å²) in [6, 6.07) is 1.06. The van der Waals surface area contributed by atoms with Crippen LogP contribution in [-0.2, 0) is 4.79 Å². The average Bonchev–Trinajstić information content (AvgIpc) is 2.83. The van der Waals surface area contributed by atoms with Gasteiger partial charge in [0.25, 0.3) is 5.56 Å². The number of anilines is 1. The Morgan fingerprint density at radius 3 is 2.79 bits per heavy atom. The largest absolute Gasteiger partial charge is 0.354 e. The number of urea groups is 1. The lowest BCUT2D eigenvalue weighted by Crippen LogP contribution is -2.45. The minimum atomic E-state index is -0.314. The molecule has 2 rings (SSSR count). The van der Waals surface area contributed by atoms with E-state index in [0.717, 1.165) is 0 Å². The van der Waals surface area contributed by atoms with Crippen molar-refractivity contribution in [3.05, 3.63) is 22.1 Å². The quantitative estimate of drug-likeness (QED) is 0.536. The molecule has 0 aromatic carbocycles. The smallest absolute Gasteiger partial charge is 0.315 e. The minimum Gasteiger partial charge on any atom is -0.354 e. The maximum atomic E-state index is 11.8. The Morgan fingerprint density at radius 1 is 1.42 bits per heavy atom. The minimum absolute atomic E-state index is 0.0615. The molecule has 0 radical (unpaired) electrons. The normalized spacial score (nSPS) is 17.2. The molecule has 0 unspecified atom stereocenters. The van der Waals surface area contributed by atoms with Crippen LogP contribution in [0.1, 0.15) is 26.0 Å². The van der Waals surface area contributed by atoms with Gasteiger partial charge in [0, 0.05) is 43.9 Å². The number of nitrogens with one attached hydrogen (secondary N) is 4. The van der Waals surface area contributed by atoms with Gasteiger partial charge in [-0.2, -0.15) is 0 Å². The molecule has 3 amide bonds. The van der Waals surface area contributed by atoms with Crippen molar-refractivity contribution in [1.29, 1.82) is 0 Å². The molecule has 0 spiro atoms. The van der Waals surface area contributed by atoms with Crippen LogP contribution in [0, 0.1) is 6.92 Å². The van der Waals surface area contributed by atoms with Crippen LogP contribution in [0.25, 0.3) is 0 Å². The first kappa shape index (κ1) is 17.8. The van der Waals surface area contributed by atoms with Crippen molar-refractivity contribution in [1.82, 2.24) is 25.5 Å². The lowest BCUT2D eigenvalue weighted by Gasteiger charge is -2.21. The number of aromatic amines is 1. The van der Waals surface area contributed by atoms with Crippen molar-refractivity contribution in [2.45, 2.75) is 39.3 Å². The summed E-state index contributed by atoms with van der Waals surface area (Å²) in [5.74, 6) is 0.433. The van der Waals surface area contributed by atoms with E-state index >= 15 is 0 Å². The number of hydrogen-bond donors (Lipinski definition) is 4. The molecule has 1 saturated heterocycles. The van der Waals surface area contributed by atoms with Gasteiger partial charge in [0.2, 0.25) is 11.9 Å². The SMILES string of the molecule is Cc1cc(=O)[nH]c(NCCNC(=O)N[C@@H]2CC(=O)N(C(C)C)C2)n1. The third-order valence-corrected chi connectivity index (χ3v) is 3.69. The van der Waals surface area contributed by atoms with E-state index in [2.05, 4.69) is 25.9 Å². The Labute approximate surface area is 140 Å². The maximum absolute atomic E-state index is 11.8. The fourth-order valence-corrected chi connectivity index (χ4v) is 2.58. The van der Waals surface area contributed by atoms with Gasteiger partial charge < -0.3 is 20.9 Å².